The Morgan fingerprint density at radius 3 is 2.64 bits per heavy atom. The number of methoxy groups -OCH3 is 1. The highest BCUT2D eigenvalue weighted by molar-refractivity contribution is 5.95. The van der Waals surface area contributed by atoms with E-state index in [-0.39, 0.29) is 5.96 Å². The third-order valence-corrected chi connectivity index (χ3v) is 4.01. The van der Waals surface area contributed by atoms with Gasteiger partial charge in [0.2, 0.25) is 5.96 Å². The van der Waals surface area contributed by atoms with E-state index in [2.05, 4.69) is 10.1 Å². The van der Waals surface area contributed by atoms with Crippen molar-refractivity contribution in [3.63, 3.8) is 0 Å². The molecule has 1 heterocycles. The molecule has 0 atom stereocenters. The number of nitrogens with two attached hydrogens (primary N) is 2. The number of benzene rings is 1. The summed E-state index contributed by atoms with van der Waals surface area (Å²) in [6, 6.07) is 9.21. The fourth-order valence-corrected chi connectivity index (χ4v) is 2.80. The zero-order chi connectivity index (χ0) is 20.7. The average molecular weight is 385 g/mol. The third-order valence-electron chi connectivity index (χ3n) is 4.01. The van der Waals surface area contributed by atoms with Crippen molar-refractivity contribution in [2.45, 2.75) is 26.7 Å². The largest absolute Gasteiger partial charge is 0.465 e. The van der Waals surface area contributed by atoms with Gasteiger partial charge in [-0.15, -0.1) is 5.10 Å². The number of rotatable bonds is 7. The van der Waals surface area contributed by atoms with Gasteiger partial charge in [-0.25, -0.2) is 14.2 Å². The molecule has 28 heavy (non-hydrogen) atoms. The molecule has 8 heteroatoms. The van der Waals surface area contributed by atoms with Crippen molar-refractivity contribution >= 4 is 23.2 Å². The molecule has 0 aliphatic carbocycles. The Bertz CT molecular complexity index is 907. The molecule has 0 aliphatic rings. The zero-order valence-corrected chi connectivity index (χ0v) is 16.1. The Morgan fingerprint density at radius 1 is 1.29 bits per heavy atom. The number of halogens is 1. The smallest absolute Gasteiger partial charge is 0.340 e. The van der Waals surface area contributed by atoms with E-state index in [1.807, 2.05) is 13.8 Å². The summed E-state index contributed by atoms with van der Waals surface area (Å²) in [4.78, 5) is 16.5. The van der Waals surface area contributed by atoms with Gasteiger partial charge in [-0.1, -0.05) is 19.4 Å². The van der Waals surface area contributed by atoms with Gasteiger partial charge in [0, 0.05) is 11.9 Å². The number of allylic oxidation sites excluding steroid dienone is 2. The molecule has 0 amide bonds. The zero-order valence-electron chi connectivity index (χ0n) is 16.1. The first-order valence-corrected chi connectivity index (χ1v) is 8.77. The van der Waals surface area contributed by atoms with Crippen LogP contribution in [0.1, 0.15) is 42.7 Å². The minimum absolute atomic E-state index is 0.181. The molecule has 148 valence electrons. The molecule has 0 fully saturated rings. The molecule has 4 N–H and O–H groups in total. The lowest BCUT2D eigenvalue weighted by molar-refractivity contribution is 0.0600. The summed E-state index contributed by atoms with van der Waals surface area (Å²) in [7, 11) is 1.31. The Labute approximate surface area is 163 Å². The summed E-state index contributed by atoms with van der Waals surface area (Å²) in [5, 5.41) is 5.66. The van der Waals surface area contributed by atoms with Crippen LogP contribution in [0, 0.1) is 5.82 Å². The van der Waals surface area contributed by atoms with Crippen molar-refractivity contribution < 1.29 is 13.9 Å². The monoisotopic (exact) mass is 385 g/mol. The van der Waals surface area contributed by atoms with Crippen molar-refractivity contribution in [1.82, 2.24) is 4.98 Å². The van der Waals surface area contributed by atoms with E-state index in [0.717, 1.165) is 6.42 Å². The molecule has 0 saturated carbocycles. The SMILES string of the molecule is CCC/C(=C(\C)c1ncccc1C(=O)OC)N(N=C(N)N)c1cccc(F)c1. The van der Waals surface area contributed by atoms with Crippen LogP contribution in [0.15, 0.2) is 53.4 Å². The van der Waals surface area contributed by atoms with Gasteiger partial charge >= 0.3 is 5.97 Å². The summed E-state index contributed by atoms with van der Waals surface area (Å²) in [6.45, 7) is 3.81. The highest BCUT2D eigenvalue weighted by atomic mass is 19.1. The van der Waals surface area contributed by atoms with Crippen molar-refractivity contribution in [3.05, 3.63) is 65.4 Å². The number of carbonyl (C=O) groups is 1. The fraction of sp³-hybridized carbons (Fsp3) is 0.250. The molecule has 2 rings (SSSR count). The number of ether oxygens (including phenoxy) is 1. The lowest BCUT2D eigenvalue weighted by Crippen LogP contribution is -2.29. The van der Waals surface area contributed by atoms with E-state index in [0.29, 0.717) is 34.6 Å². The highest BCUT2D eigenvalue weighted by Crippen LogP contribution is 2.30. The predicted octanol–water partition coefficient (Wildman–Crippen LogP) is 3.23. The second kappa shape index (κ2) is 9.50. The number of esters is 1. The number of hydrogen-bond acceptors (Lipinski definition) is 5. The molecule has 1 aromatic carbocycles. The Balaban J connectivity index is 2.72. The quantitative estimate of drug-likeness (QED) is 0.328. The molecule has 0 radical (unpaired) electrons. The Kier molecular flexibility index (Phi) is 7.08. The first kappa shape index (κ1) is 20.9. The normalized spacial score (nSPS) is 11.4. The summed E-state index contributed by atoms with van der Waals surface area (Å²) < 4.78 is 18.7. The molecule has 7 nitrogen and oxygen atoms in total. The van der Waals surface area contributed by atoms with Gasteiger partial charge in [0.15, 0.2) is 0 Å². The average Bonchev–Trinajstić information content (AvgIpc) is 2.69. The summed E-state index contributed by atoms with van der Waals surface area (Å²) in [6.07, 6.45) is 2.91. The molecule has 0 aliphatic heterocycles. The fourth-order valence-electron chi connectivity index (χ4n) is 2.80. The number of hydrogen-bond donors (Lipinski definition) is 2. The van der Waals surface area contributed by atoms with Crippen LogP contribution in [0.4, 0.5) is 10.1 Å². The topological polar surface area (TPSA) is 107 Å². The first-order valence-electron chi connectivity index (χ1n) is 8.77. The van der Waals surface area contributed by atoms with Crippen LogP contribution in [-0.4, -0.2) is 24.0 Å². The van der Waals surface area contributed by atoms with Crippen LogP contribution in [0.25, 0.3) is 5.57 Å². The van der Waals surface area contributed by atoms with Crippen LogP contribution in [0.2, 0.25) is 0 Å². The van der Waals surface area contributed by atoms with E-state index in [4.69, 9.17) is 16.2 Å². The van der Waals surface area contributed by atoms with Gasteiger partial charge in [-0.3, -0.25) is 4.98 Å². The lowest BCUT2D eigenvalue weighted by Gasteiger charge is -2.25. The predicted molar refractivity (Wildman–Crippen MR) is 108 cm³/mol. The van der Waals surface area contributed by atoms with E-state index in [1.54, 1.807) is 30.5 Å². The Morgan fingerprint density at radius 2 is 2.04 bits per heavy atom. The van der Waals surface area contributed by atoms with E-state index < -0.39 is 11.8 Å². The van der Waals surface area contributed by atoms with Gasteiger partial charge in [-0.2, -0.15) is 0 Å². The maximum atomic E-state index is 13.8. The van der Waals surface area contributed by atoms with Crippen LogP contribution in [0.5, 0.6) is 0 Å². The van der Waals surface area contributed by atoms with Gasteiger partial charge in [-0.05, 0) is 49.2 Å². The third kappa shape index (κ3) is 4.85. The van der Waals surface area contributed by atoms with Gasteiger partial charge < -0.3 is 16.2 Å². The van der Waals surface area contributed by atoms with E-state index in [9.17, 15) is 9.18 Å². The summed E-state index contributed by atoms with van der Waals surface area (Å²) in [5.41, 5.74) is 13.8. The summed E-state index contributed by atoms with van der Waals surface area (Å²) in [5.74, 6) is -1.10. The van der Waals surface area contributed by atoms with Crippen LogP contribution in [0.3, 0.4) is 0 Å². The second-order valence-electron chi connectivity index (χ2n) is 6.03. The van der Waals surface area contributed by atoms with Gasteiger partial charge in [0.05, 0.1) is 24.1 Å². The minimum Gasteiger partial charge on any atom is -0.465 e. The number of pyridine rings is 1. The maximum absolute atomic E-state index is 13.8. The molecular weight excluding hydrogens is 361 g/mol. The molecule has 0 bridgehead atoms. The maximum Gasteiger partial charge on any atom is 0.340 e. The van der Waals surface area contributed by atoms with Crippen molar-refractivity contribution in [2.24, 2.45) is 16.6 Å². The Hall–Kier alpha value is -3.42. The number of guanidine groups is 1. The number of anilines is 1. The van der Waals surface area contributed by atoms with Gasteiger partial charge in [0.25, 0.3) is 0 Å². The molecular formula is C20H24FN5O2. The van der Waals surface area contributed by atoms with E-state index in [1.165, 1.54) is 24.3 Å². The molecule has 2 aromatic rings. The second-order valence-corrected chi connectivity index (χ2v) is 6.03. The molecule has 0 spiro atoms. The van der Waals surface area contributed by atoms with Crippen LogP contribution >= 0.6 is 0 Å². The van der Waals surface area contributed by atoms with Crippen LogP contribution < -0.4 is 16.5 Å². The van der Waals surface area contributed by atoms with Crippen molar-refractivity contribution in [2.75, 3.05) is 12.1 Å². The van der Waals surface area contributed by atoms with E-state index >= 15 is 0 Å². The molecule has 0 saturated heterocycles. The van der Waals surface area contributed by atoms with Gasteiger partial charge in [0.1, 0.15) is 5.82 Å². The highest BCUT2D eigenvalue weighted by Gasteiger charge is 2.21. The molecule has 0 unspecified atom stereocenters. The minimum atomic E-state index is -0.502. The standard InChI is InChI=1S/C20H24FN5O2/c1-4-7-17(13(2)18-16(19(27)28-3)10-6-11-24-18)26(25-20(22)23)15-9-5-8-14(21)12-15/h5-6,8-12H,4,7H2,1-3H3,(H4,22,23,25)/b17-13-. The first-order chi connectivity index (χ1) is 13.4. The lowest BCUT2D eigenvalue weighted by atomic mass is 10.0. The van der Waals surface area contributed by atoms with Crippen molar-refractivity contribution in [3.8, 4) is 0 Å². The number of carbonyl (C=O) groups excluding carboxylic acids is 1. The van der Waals surface area contributed by atoms with Crippen molar-refractivity contribution in [1.29, 1.82) is 0 Å². The van der Waals surface area contributed by atoms with Crippen LogP contribution in [-0.2, 0) is 4.74 Å². The summed E-state index contributed by atoms with van der Waals surface area (Å²) >= 11 is 0. The molecule has 1 aromatic heterocycles. The number of hydrazone groups is 1. The number of nitrogens with zero attached hydrogens (tertiary/aromatic N) is 3. The number of aromatic nitrogens is 1.